The van der Waals surface area contributed by atoms with Gasteiger partial charge in [0.2, 0.25) is 0 Å². The Morgan fingerprint density at radius 3 is 2.86 bits per heavy atom. The van der Waals surface area contributed by atoms with Gasteiger partial charge in [-0.2, -0.15) is 14.9 Å². The average Bonchev–Trinajstić information content (AvgIpc) is 3.31. The van der Waals surface area contributed by atoms with Crippen molar-refractivity contribution < 1.29 is 9.53 Å². The van der Waals surface area contributed by atoms with Crippen LogP contribution in [0.2, 0.25) is 0 Å². The lowest BCUT2D eigenvalue weighted by molar-refractivity contribution is 0.00732. The Labute approximate surface area is 208 Å². The Kier molecular flexibility index (Phi) is 6.61. The van der Waals surface area contributed by atoms with E-state index in [9.17, 15) is 14.9 Å². The fourth-order valence-electron chi connectivity index (χ4n) is 5.09. The Bertz CT molecular complexity index is 1370. The highest BCUT2D eigenvalue weighted by molar-refractivity contribution is 6.00. The van der Waals surface area contributed by atoms with E-state index < -0.39 is 0 Å². The summed E-state index contributed by atoms with van der Waals surface area (Å²) in [5, 5.41) is 22.9. The predicted octanol–water partition coefficient (Wildman–Crippen LogP) is 2.84. The maximum atomic E-state index is 13.3. The molecule has 3 aromatic rings. The largest absolute Gasteiger partial charge is 0.379 e. The molecule has 188 valence electrons. The summed E-state index contributed by atoms with van der Waals surface area (Å²) in [6, 6.07) is 7.57. The summed E-state index contributed by atoms with van der Waals surface area (Å²) in [5.41, 5.74) is 0.914. The normalized spacial score (nSPS) is 23.5. The van der Waals surface area contributed by atoms with Crippen LogP contribution in [0.15, 0.2) is 35.4 Å². The molecule has 2 aliphatic carbocycles. The Balaban J connectivity index is 1.44. The molecule has 0 spiro atoms. The number of hydrogen-bond donors (Lipinski definition) is 3. The van der Waals surface area contributed by atoms with Crippen molar-refractivity contribution in [3.63, 3.8) is 0 Å². The van der Waals surface area contributed by atoms with Crippen molar-refractivity contribution in [3.05, 3.63) is 46.5 Å². The maximum absolute atomic E-state index is 13.3. The van der Waals surface area contributed by atoms with E-state index >= 15 is 0 Å². The number of anilines is 3. The molecule has 0 aliphatic heterocycles. The minimum absolute atomic E-state index is 0.00600. The molecule has 4 atom stereocenters. The van der Waals surface area contributed by atoms with E-state index in [1.54, 1.807) is 41.6 Å². The molecule has 3 N–H and O–H groups in total. The number of methoxy groups -OCH3 is 1. The molecule has 11 heteroatoms. The van der Waals surface area contributed by atoms with Crippen molar-refractivity contribution in [1.82, 2.24) is 24.5 Å². The Morgan fingerprint density at radius 2 is 2.14 bits per heavy atom. The van der Waals surface area contributed by atoms with Crippen molar-refractivity contribution in [2.24, 2.45) is 5.92 Å². The van der Waals surface area contributed by atoms with Crippen LogP contribution < -0.4 is 21.5 Å². The minimum atomic E-state index is -0.269. The lowest BCUT2D eigenvalue weighted by atomic mass is 9.86. The van der Waals surface area contributed by atoms with E-state index in [-0.39, 0.29) is 35.6 Å². The van der Waals surface area contributed by atoms with E-state index in [2.05, 4.69) is 32.1 Å². The maximum Gasteiger partial charge on any atom is 0.274 e. The summed E-state index contributed by atoms with van der Waals surface area (Å²) >= 11 is 0. The first-order valence-electron chi connectivity index (χ1n) is 12.3. The molecule has 2 saturated carbocycles. The van der Waals surface area contributed by atoms with Gasteiger partial charge >= 0.3 is 0 Å². The number of amides is 1. The van der Waals surface area contributed by atoms with Crippen LogP contribution in [-0.2, 0) is 4.74 Å². The molecular formula is C25H30N8O3. The molecule has 11 nitrogen and oxygen atoms in total. The topological polar surface area (TPSA) is 138 Å². The number of rotatable bonds is 7. The molecule has 3 aromatic heterocycles. The highest BCUT2D eigenvalue weighted by Crippen LogP contribution is 2.31. The second-order valence-corrected chi connectivity index (χ2v) is 9.41. The first-order chi connectivity index (χ1) is 17.5. The van der Waals surface area contributed by atoms with Gasteiger partial charge in [-0.3, -0.25) is 9.59 Å². The number of nitriles is 1. The van der Waals surface area contributed by atoms with Crippen LogP contribution in [0.4, 0.5) is 17.3 Å². The Hall–Kier alpha value is -3.91. The van der Waals surface area contributed by atoms with Gasteiger partial charge in [-0.05, 0) is 44.2 Å². The standard InChI is InChI=1S/C25H30N8O3/c1-27-22-12-21(29-19-7-4-10-32(25(19)35)16-6-3-5-15(11-16)13-26)31-23-17(14-28-33(22)23)24(34)30-18-8-9-20(18)36-2/h4,7,10,12,14-16,18,20,27H,3,5-6,8-9,11H2,1-2H3,(H,29,31)(H,30,34)/t15-,16+,18?,20+/m1/s1. The summed E-state index contributed by atoms with van der Waals surface area (Å²) in [5.74, 6) is 0.725. The lowest BCUT2D eigenvalue weighted by Gasteiger charge is -2.35. The van der Waals surface area contributed by atoms with E-state index in [1.807, 2.05) is 6.07 Å². The predicted molar refractivity (Wildman–Crippen MR) is 134 cm³/mol. The number of pyridine rings is 1. The van der Waals surface area contributed by atoms with Crippen LogP contribution in [-0.4, -0.2) is 51.4 Å². The SMILES string of the molecule is CNc1cc(Nc2cccn([C@H]3CCC[C@@H](C#N)C3)c2=O)nc2c(C(=O)NC3CC[C@@H]3OC)cnn12. The third-order valence-electron chi connectivity index (χ3n) is 7.26. The van der Waals surface area contributed by atoms with Crippen molar-refractivity contribution in [2.45, 2.75) is 56.7 Å². The van der Waals surface area contributed by atoms with Crippen LogP contribution >= 0.6 is 0 Å². The summed E-state index contributed by atoms with van der Waals surface area (Å²) < 4.78 is 8.66. The molecule has 0 aromatic carbocycles. The van der Waals surface area contributed by atoms with Crippen LogP contribution in [0.5, 0.6) is 0 Å². The zero-order chi connectivity index (χ0) is 25.2. The lowest BCUT2D eigenvalue weighted by Crippen LogP contribution is -2.51. The molecule has 0 saturated heterocycles. The second-order valence-electron chi connectivity index (χ2n) is 9.41. The first-order valence-corrected chi connectivity index (χ1v) is 12.3. The first kappa shape index (κ1) is 23.8. The molecule has 5 rings (SSSR count). The molecule has 0 bridgehead atoms. The van der Waals surface area contributed by atoms with Gasteiger partial charge in [-0.1, -0.05) is 6.42 Å². The molecule has 1 unspecified atom stereocenters. The van der Waals surface area contributed by atoms with Crippen molar-refractivity contribution in [2.75, 3.05) is 24.8 Å². The van der Waals surface area contributed by atoms with E-state index in [0.29, 0.717) is 35.0 Å². The molecule has 36 heavy (non-hydrogen) atoms. The van der Waals surface area contributed by atoms with Crippen molar-refractivity contribution >= 4 is 28.9 Å². The van der Waals surface area contributed by atoms with Crippen molar-refractivity contribution in [3.8, 4) is 6.07 Å². The van der Waals surface area contributed by atoms with Crippen LogP contribution in [0.25, 0.3) is 5.65 Å². The summed E-state index contributed by atoms with van der Waals surface area (Å²) in [6.07, 6.45) is 8.41. The molecule has 1 amide bonds. The summed E-state index contributed by atoms with van der Waals surface area (Å²) in [6.45, 7) is 0. The van der Waals surface area contributed by atoms with E-state index in [4.69, 9.17) is 4.74 Å². The van der Waals surface area contributed by atoms with Crippen LogP contribution in [0.3, 0.4) is 0 Å². The van der Waals surface area contributed by atoms with Gasteiger partial charge in [0.1, 0.15) is 22.9 Å². The number of nitrogens with one attached hydrogen (secondary N) is 3. The molecule has 2 aliphatic rings. The van der Waals surface area contributed by atoms with Gasteiger partial charge < -0.3 is 25.3 Å². The zero-order valence-electron chi connectivity index (χ0n) is 20.4. The summed E-state index contributed by atoms with van der Waals surface area (Å²) in [4.78, 5) is 30.9. The second kappa shape index (κ2) is 9.99. The monoisotopic (exact) mass is 490 g/mol. The van der Waals surface area contributed by atoms with Crippen LogP contribution in [0.1, 0.15) is 54.9 Å². The number of carbonyl (C=O) groups is 1. The fraction of sp³-hybridized carbons (Fsp3) is 0.480. The van der Waals surface area contributed by atoms with E-state index in [1.165, 1.54) is 6.20 Å². The third kappa shape index (κ3) is 4.40. The van der Waals surface area contributed by atoms with Gasteiger partial charge in [0.15, 0.2) is 5.65 Å². The smallest absolute Gasteiger partial charge is 0.274 e. The van der Waals surface area contributed by atoms with E-state index in [0.717, 1.165) is 32.1 Å². The number of fused-ring (bicyclic) bond motifs is 1. The molecular weight excluding hydrogens is 460 g/mol. The van der Waals surface area contributed by atoms with Gasteiger partial charge in [0.05, 0.1) is 24.4 Å². The number of carbonyl (C=O) groups excluding carboxylic acids is 1. The minimum Gasteiger partial charge on any atom is -0.379 e. The quantitative estimate of drug-likeness (QED) is 0.460. The summed E-state index contributed by atoms with van der Waals surface area (Å²) in [7, 11) is 3.40. The number of aromatic nitrogens is 4. The number of ether oxygens (including phenoxy) is 1. The van der Waals surface area contributed by atoms with Gasteiger partial charge in [-0.25, -0.2) is 4.98 Å². The number of hydrogen-bond acceptors (Lipinski definition) is 8. The number of nitrogens with zero attached hydrogens (tertiary/aromatic N) is 5. The molecule has 2 fully saturated rings. The van der Waals surface area contributed by atoms with Gasteiger partial charge in [-0.15, -0.1) is 0 Å². The highest BCUT2D eigenvalue weighted by Gasteiger charge is 2.33. The highest BCUT2D eigenvalue weighted by atomic mass is 16.5. The average molecular weight is 491 g/mol. The Morgan fingerprint density at radius 1 is 1.28 bits per heavy atom. The molecule has 0 radical (unpaired) electrons. The molecule has 3 heterocycles. The van der Waals surface area contributed by atoms with Gasteiger partial charge in [0.25, 0.3) is 11.5 Å². The van der Waals surface area contributed by atoms with Crippen LogP contribution in [0, 0.1) is 17.2 Å². The van der Waals surface area contributed by atoms with Gasteiger partial charge in [0, 0.05) is 38.4 Å². The third-order valence-corrected chi connectivity index (χ3v) is 7.26. The van der Waals surface area contributed by atoms with Crippen molar-refractivity contribution in [1.29, 1.82) is 5.26 Å². The zero-order valence-corrected chi connectivity index (χ0v) is 20.4. The fourth-order valence-corrected chi connectivity index (χ4v) is 5.09.